The van der Waals surface area contributed by atoms with Crippen LogP contribution in [0.4, 0.5) is 0 Å². The molecule has 0 spiro atoms. The van der Waals surface area contributed by atoms with Gasteiger partial charge in [-0.3, -0.25) is 0 Å². The molecule has 1 aliphatic carbocycles. The molecule has 2 rings (SSSR count). The molecule has 3 heteroatoms. The number of nitrogens with zero attached hydrogens (tertiary/aromatic N) is 1. The third-order valence-corrected chi connectivity index (χ3v) is 3.08. The summed E-state index contributed by atoms with van der Waals surface area (Å²) < 4.78 is 0. The van der Waals surface area contributed by atoms with Crippen LogP contribution < -0.4 is 5.32 Å². The number of H-pyrrole nitrogens is 1. The summed E-state index contributed by atoms with van der Waals surface area (Å²) in [5.74, 6) is 0. The molecular formula is C10H17N3. The molecule has 1 aromatic rings. The molecule has 2 N–H and O–H groups in total. The Bertz CT molecular complexity index is 249. The van der Waals surface area contributed by atoms with E-state index in [-0.39, 0.29) is 0 Å². The van der Waals surface area contributed by atoms with Crippen molar-refractivity contribution in [3.63, 3.8) is 0 Å². The summed E-state index contributed by atoms with van der Waals surface area (Å²) in [6, 6.07) is 0. The van der Waals surface area contributed by atoms with Crippen LogP contribution in [-0.4, -0.2) is 16.5 Å². The van der Waals surface area contributed by atoms with Gasteiger partial charge in [0.1, 0.15) is 0 Å². The Morgan fingerprint density at radius 3 is 3.00 bits per heavy atom. The van der Waals surface area contributed by atoms with E-state index in [9.17, 15) is 0 Å². The van der Waals surface area contributed by atoms with E-state index in [1.165, 1.54) is 25.0 Å². The first-order valence-corrected chi connectivity index (χ1v) is 5.03. The zero-order valence-electron chi connectivity index (χ0n) is 8.14. The maximum Gasteiger partial charge on any atom is 0.0922 e. The first-order chi connectivity index (χ1) is 6.35. The molecule has 0 radical (unpaired) electrons. The fourth-order valence-electron chi connectivity index (χ4n) is 1.68. The topological polar surface area (TPSA) is 40.7 Å². The van der Waals surface area contributed by atoms with Crippen molar-refractivity contribution in [3.8, 4) is 0 Å². The first-order valence-electron chi connectivity index (χ1n) is 5.03. The Balaban J connectivity index is 1.70. The lowest BCUT2D eigenvalue weighted by atomic mass is 10.0. The highest BCUT2D eigenvalue weighted by Gasteiger charge is 2.39. The van der Waals surface area contributed by atoms with Crippen molar-refractivity contribution in [2.24, 2.45) is 5.41 Å². The van der Waals surface area contributed by atoms with Gasteiger partial charge in [-0.05, 0) is 24.7 Å². The van der Waals surface area contributed by atoms with E-state index in [1.54, 1.807) is 6.33 Å². The van der Waals surface area contributed by atoms with Gasteiger partial charge >= 0.3 is 0 Å². The Labute approximate surface area is 79.0 Å². The summed E-state index contributed by atoms with van der Waals surface area (Å²) in [6.07, 6.45) is 7.71. The van der Waals surface area contributed by atoms with Crippen LogP contribution in [-0.2, 0) is 6.54 Å². The van der Waals surface area contributed by atoms with Crippen LogP contribution in [0.15, 0.2) is 12.5 Å². The van der Waals surface area contributed by atoms with Crippen LogP contribution in [0.25, 0.3) is 0 Å². The molecular weight excluding hydrogens is 162 g/mol. The number of nitrogens with one attached hydrogen (secondary N) is 2. The van der Waals surface area contributed by atoms with Gasteiger partial charge in [0.05, 0.1) is 6.33 Å². The second kappa shape index (κ2) is 3.50. The average molecular weight is 179 g/mol. The van der Waals surface area contributed by atoms with Gasteiger partial charge in [0.2, 0.25) is 0 Å². The van der Waals surface area contributed by atoms with Crippen molar-refractivity contribution >= 4 is 0 Å². The minimum absolute atomic E-state index is 0.639. The standard InChI is InChI=1S/C10H17N3/c1-2-10(3-4-10)7-11-5-9-6-12-8-13-9/h6,8,11H,2-5,7H2,1H3,(H,12,13). The summed E-state index contributed by atoms with van der Waals surface area (Å²) in [5, 5.41) is 3.47. The number of imidazole rings is 1. The second-order valence-corrected chi connectivity index (χ2v) is 4.03. The van der Waals surface area contributed by atoms with Crippen LogP contribution in [0.5, 0.6) is 0 Å². The Kier molecular flexibility index (Phi) is 2.36. The van der Waals surface area contributed by atoms with Gasteiger partial charge in [-0.1, -0.05) is 6.92 Å². The molecule has 0 unspecified atom stereocenters. The lowest BCUT2D eigenvalue weighted by molar-refractivity contribution is 0.442. The maximum atomic E-state index is 3.98. The third-order valence-electron chi connectivity index (χ3n) is 3.08. The van der Waals surface area contributed by atoms with Crippen LogP contribution in [0.2, 0.25) is 0 Å². The van der Waals surface area contributed by atoms with E-state index in [4.69, 9.17) is 0 Å². The first kappa shape index (κ1) is 8.75. The van der Waals surface area contributed by atoms with Gasteiger partial charge in [-0.2, -0.15) is 0 Å². The lowest BCUT2D eigenvalue weighted by Crippen LogP contribution is -2.23. The predicted molar refractivity (Wildman–Crippen MR) is 52.3 cm³/mol. The molecule has 1 heterocycles. The molecule has 72 valence electrons. The summed E-state index contributed by atoms with van der Waals surface area (Å²) in [4.78, 5) is 7.07. The van der Waals surface area contributed by atoms with Gasteiger partial charge < -0.3 is 10.3 Å². The lowest BCUT2D eigenvalue weighted by Gasteiger charge is -2.12. The van der Waals surface area contributed by atoms with E-state index in [2.05, 4.69) is 22.2 Å². The van der Waals surface area contributed by atoms with E-state index < -0.39 is 0 Å². The molecule has 13 heavy (non-hydrogen) atoms. The van der Waals surface area contributed by atoms with Crippen molar-refractivity contribution in [1.82, 2.24) is 15.3 Å². The zero-order valence-corrected chi connectivity index (χ0v) is 8.14. The summed E-state index contributed by atoms with van der Waals surface area (Å²) in [6.45, 7) is 4.36. The van der Waals surface area contributed by atoms with Crippen molar-refractivity contribution in [2.75, 3.05) is 6.54 Å². The number of aromatic nitrogens is 2. The molecule has 3 nitrogen and oxygen atoms in total. The highest BCUT2D eigenvalue weighted by Crippen LogP contribution is 2.47. The fraction of sp³-hybridized carbons (Fsp3) is 0.700. The van der Waals surface area contributed by atoms with Gasteiger partial charge in [0.25, 0.3) is 0 Å². The van der Waals surface area contributed by atoms with Crippen LogP contribution in [0.1, 0.15) is 31.9 Å². The number of hydrogen-bond donors (Lipinski definition) is 2. The van der Waals surface area contributed by atoms with Crippen LogP contribution >= 0.6 is 0 Å². The number of hydrogen-bond acceptors (Lipinski definition) is 2. The second-order valence-electron chi connectivity index (χ2n) is 4.03. The fourth-order valence-corrected chi connectivity index (χ4v) is 1.68. The van der Waals surface area contributed by atoms with Gasteiger partial charge in [0.15, 0.2) is 0 Å². The van der Waals surface area contributed by atoms with Gasteiger partial charge in [0, 0.05) is 25.0 Å². The molecule has 1 aliphatic rings. The normalized spacial score (nSPS) is 18.8. The molecule has 0 aliphatic heterocycles. The van der Waals surface area contributed by atoms with E-state index in [0.29, 0.717) is 5.41 Å². The molecule has 1 aromatic heterocycles. The largest absolute Gasteiger partial charge is 0.347 e. The summed E-state index contributed by atoms with van der Waals surface area (Å²) in [7, 11) is 0. The molecule has 1 saturated carbocycles. The summed E-state index contributed by atoms with van der Waals surface area (Å²) >= 11 is 0. The molecule has 0 bridgehead atoms. The average Bonchev–Trinajstić information content (AvgIpc) is 2.74. The molecule has 0 amide bonds. The quantitative estimate of drug-likeness (QED) is 0.722. The number of aromatic amines is 1. The van der Waals surface area contributed by atoms with Gasteiger partial charge in [-0.25, -0.2) is 4.98 Å². The molecule has 0 atom stereocenters. The minimum atomic E-state index is 0.639. The van der Waals surface area contributed by atoms with Crippen LogP contribution in [0.3, 0.4) is 0 Å². The van der Waals surface area contributed by atoms with E-state index in [0.717, 1.165) is 13.1 Å². The maximum absolute atomic E-state index is 3.98. The van der Waals surface area contributed by atoms with Crippen molar-refractivity contribution in [3.05, 3.63) is 18.2 Å². The molecule has 1 fully saturated rings. The Morgan fingerprint density at radius 2 is 2.46 bits per heavy atom. The third kappa shape index (κ3) is 2.10. The summed E-state index contributed by atoms with van der Waals surface area (Å²) in [5.41, 5.74) is 1.81. The van der Waals surface area contributed by atoms with Gasteiger partial charge in [-0.15, -0.1) is 0 Å². The number of rotatable bonds is 5. The monoisotopic (exact) mass is 179 g/mol. The molecule has 0 aromatic carbocycles. The minimum Gasteiger partial charge on any atom is -0.347 e. The van der Waals surface area contributed by atoms with E-state index >= 15 is 0 Å². The van der Waals surface area contributed by atoms with Crippen molar-refractivity contribution in [1.29, 1.82) is 0 Å². The Hall–Kier alpha value is -0.830. The van der Waals surface area contributed by atoms with Crippen molar-refractivity contribution < 1.29 is 0 Å². The van der Waals surface area contributed by atoms with E-state index in [1.807, 2.05) is 6.20 Å². The van der Waals surface area contributed by atoms with Crippen molar-refractivity contribution in [2.45, 2.75) is 32.7 Å². The highest BCUT2D eigenvalue weighted by atomic mass is 14.9. The highest BCUT2D eigenvalue weighted by molar-refractivity contribution is 4.97. The Morgan fingerprint density at radius 1 is 1.62 bits per heavy atom. The molecule has 0 saturated heterocycles. The zero-order chi connectivity index (χ0) is 9.15. The predicted octanol–water partition coefficient (Wildman–Crippen LogP) is 1.69. The SMILES string of the molecule is CCC1(CNCc2cnc[nH]2)CC1. The van der Waals surface area contributed by atoms with Crippen LogP contribution in [0, 0.1) is 5.41 Å². The smallest absolute Gasteiger partial charge is 0.0922 e.